The molecule has 0 saturated heterocycles. The van der Waals surface area contributed by atoms with Crippen LogP contribution in [0.4, 0.5) is 0 Å². The van der Waals surface area contributed by atoms with E-state index in [4.69, 9.17) is 9.47 Å². The van der Waals surface area contributed by atoms with E-state index in [0.29, 0.717) is 45.8 Å². The van der Waals surface area contributed by atoms with E-state index >= 15 is 0 Å². The molecule has 0 spiro atoms. The first-order valence-corrected chi connectivity index (χ1v) is 10.1. The normalized spacial score (nSPS) is 12.1. The minimum absolute atomic E-state index is 0.00736. The molecule has 7 nitrogen and oxygen atoms in total. The van der Waals surface area contributed by atoms with Crippen LogP contribution in [0.15, 0.2) is 0 Å². The van der Waals surface area contributed by atoms with E-state index in [-0.39, 0.29) is 17.4 Å². The molecule has 3 N–H and O–H groups in total. The van der Waals surface area contributed by atoms with Crippen LogP contribution < -0.4 is 16.0 Å². The van der Waals surface area contributed by atoms with E-state index in [9.17, 15) is 9.59 Å². The maximum absolute atomic E-state index is 12.3. The van der Waals surface area contributed by atoms with Crippen LogP contribution in [0.1, 0.15) is 60.3 Å². The van der Waals surface area contributed by atoms with Crippen molar-refractivity contribution >= 4 is 11.8 Å². The molecule has 0 aromatic rings. The molecular weight excluding hydrogens is 346 g/mol. The lowest BCUT2D eigenvalue weighted by molar-refractivity contribution is -0.131. The third kappa shape index (κ3) is 13.6. The molecule has 0 fully saturated rings. The SMILES string of the molecule is CCCC(=O)NCCC(C)(C)OCCC(C)(C)C(=O)NCCOCCNC. The summed E-state index contributed by atoms with van der Waals surface area (Å²) in [5.41, 5.74) is -0.844. The highest BCUT2D eigenvalue weighted by molar-refractivity contribution is 5.81. The summed E-state index contributed by atoms with van der Waals surface area (Å²) in [7, 11) is 1.87. The number of nitrogens with one attached hydrogen (secondary N) is 3. The lowest BCUT2D eigenvalue weighted by atomic mass is 9.88. The molecule has 7 heteroatoms. The Morgan fingerprint density at radius 2 is 1.56 bits per heavy atom. The van der Waals surface area contributed by atoms with E-state index < -0.39 is 5.41 Å². The van der Waals surface area contributed by atoms with E-state index in [1.807, 2.05) is 41.7 Å². The van der Waals surface area contributed by atoms with Crippen molar-refractivity contribution in [3.8, 4) is 0 Å². The lowest BCUT2D eigenvalue weighted by Crippen LogP contribution is -2.40. The number of carbonyl (C=O) groups is 2. The topological polar surface area (TPSA) is 88.7 Å². The third-order valence-electron chi connectivity index (χ3n) is 4.39. The van der Waals surface area contributed by atoms with Crippen molar-refractivity contribution in [3.05, 3.63) is 0 Å². The van der Waals surface area contributed by atoms with Gasteiger partial charge in [0.15, 0.2) is 0 Å². The van der Waals surface area contributed by atoms with Crippen molar-refractivity contribution in [2.24, 2.45) is 5.41 Å². The molecule has 160 valence electrons. The van der Waals surface area contributed by atoms with Gasteiger partial charge in [-0.05, 0) is 40.2 Å². The number of hydrogen-bond donors (Lipinski definition) is 3. The second-order valence-corrected chi connectivity index (χ2v) is 8.06. The predicted molar refractivity (Wildman–Crippen MR) is 109 cm³/mol. The van der Waals surface area contributed by atoms with Crippen molar-refractivity contribution < 1.29 is 19.1 Å². The standard InChI is InChI=1S/C20H41N3O4/c1-7-8-17(24)22-11-9-20(4,5)27-14-10-19(2,3)18(25)23-13-16-26-15-12-21-6/h21H,7-16H2,1-6H3,(H,22,24)(H,23,25). The van der Waals surface area contributed by atoms with E-state index in [1.54, 1.807) is 0 Å². The van der Waals surface area contributed by atoms with E-state index in [2.05, 4.69) is 16.0 Å². The minimum Gasteiger partial charge on any atom is -0.378 e. The first-order valence-electron chi connectivity index (χ1n) is 10.1. The molecule has 0 unspecified atom stereocenters. The zero-order valence-electron chi connectivity index (χ0n) is 18.2. The molecule has 0 heterocycles. The fourth-order valence-corrected chi connectivity index (χ4v) is 2.34. The monoisotopic (exact) mass is 387 g/mol. The summed E-state index contributed by atoms with van der Waals surface area (Å²) in [6.45, 7) is 13.4. The van der Waals surface area contributed by atoms with Crippen LogP contribution in [0.5, 0.6) is 0 Å². The molecule has 0 aromatic carbocycles. The third-order valence-corrected chi connectivity index (χ3v) is 4.39. The maximum atomic E-state index is 12.3. The van der Waals surface area contributed by atoms with Gasteiger partial charge in [0.1, 0.15) is 0 Å². The van der Waals surface area contributed by atoms with Gasteiger partial charge in [-0.3, -0.25) is 9.59 Å². The highest BCUT2D eigenvalue weighted by Gasteiger charge is 2.28. The number of rotatable bonds is 16. The minimum atomic E-state index is -0.504. The fourth-order valence-electron chi connectivity index (χ4n) is 2.34. The van der Waals surface area contributed by atoms with E-state index in [0.717, 1.165) is 19.4 Å². The van der Waals surface area contributed by atoms with Gasteiger partial charge in [0.2, 0.25) is 11.8 Å². The van der Waals surface area contributed by atoms with Gasteiger partial charge in [0.25, 0.3) is 0 Å². The Morgan fingerprint density at radius 3 is 2.19 bits per heavy atom. The Hall–Kier alpha value is -1.18. The zero-order valence-corrected chi connectivity index (χ0v) is 18.2. The molecule has 0 aromatic heterocycles. The number of amides is 2. The van der Waals surface area contributed by atoms with Crippen LogP contribution in [0.3, 0.4) is 0 Å². The molecule has 2 amide bonds. The van der Waals surface area contributed by atoms with Gasteiger partial charge in [0, 0.05) is 38.1 Å². The number of ether oxygens (including phenoxy) is 2. The second kappa shape index (κ2) is 13.9. The van der Waals surface area contributed by atoms with Gasteiger partial charge in [-0.15, -0.1) is 0 Å². The van der Waals surface area contributed by atoms with Crippen molar-refractivity contribution in [1.29, 1.82) is 0 Å². The van der Waals surface area contributed by atoms with Crippen LogP contribution in [0, 0.1) is 5.41 Å². The first kappa shape index (κ1) is 25.8. The molecule has 0 atom stereocenters. The van der Waals surface area contributed by atoms with E-state index in [1.165, 1.54) is 0 Å². The maximum Gasteiger partial charge on any atom is 0.225 e. The van der Waals surface area contributed by atoms with Crippen molar-refractivity contribution in [3.63, 3.8) is 0 Å². The van der Waals surface area contributed by atoms with Crippen LogP contribution in [-0.4, -0.2) is 63.9 Å². The summed E-state index contributed by atoms with van der Waals surface area (Å²) >= 11 is 0. The molecule has 0 aliphatic rings. The average Bonchev–Trinajstić information content (AvgIpc) is 2.57. The number of likely N-dealkylation sites (N-methyl/N-ethyl adjacent to an activating group) is 1. The molecule has 0 aliphatic heterocycles. The van der Waals surface area contributed by atoms with Gasteiger partial charge >= 0.3 is 0 Å². The van der Waals surface area contributed by atoms with Crippen LogP contribution in [0.2, 0.25) is 0 Å². The molecule has 0 aliphatic carbocycles. The Bertz CT molecular complexity index is 425. The van der Waals surface area contributed by atoms with Gasteiger partial charge in [-0.2, -0.15) is 0 Å². The van der Waals surface area contributed by atoms with Crippen molar-refractivity contribution in [2.75, 3.05) is 46.5 Å². The molecule has 0 saturated carbocycles. The second-order valence-electron chi connectivity index (χ2n) is 8.06. The highest BCUT2D eigenvalue weighted by atomic mass is 16.5. The van der Waals surface area contributed by atoms with Crippen LogP contribution in [0.25, 0.3) is 0 Å². The number of carbonyl (C=O) groups excluding carboxylic acids is 2. The van der Waals surface area contributed by atoms with Crippen molar-refractivity contribution in [2.45, 2.75) is 65.9 Å². The Labute approximate surface area is 165 Å². The lowest BCUT2D eigenvalue weighted by Gasteiger charge is -2.29. The smallest absolute Gasteiger partial charge is 0.225 e. The van der Waals surface area contributed by atoms with Crippen LogP contribution >= 0.6 is 0 Å². The molecule has 0 radical (unpaired) electrons. The summed E-state index contributed by atoms with van der Waals surface area (Å²) in [6, 6.07) is 0. The highest BCUT2D eigenvalue weighted by Crippen LogP contribution is 2.23. The Balaban J connectivity index is 4.02. The predicted octanol–water partition coefficient (Wildman–Crippen LogP) is 1.86. The summed E-state index contributed by atoms with van der Waals surface area (Å²) in [6.07, 6.45) is 2.78. The molecule has 0 bridgehead atoms. The molecular formula is C20H41N3O4. The average molecular weight is 388 g/mol. The molecule has 0 rings (SSSR count). The van der Waals surface area contributed by atoms with Gasteiger partial charge in [-0.25, -0.2) is 0 Å². The summed E-state index contributed by atoms with van der Waals surface area (Å²) < 4.78 is 11.4. The van der Waals surface area contributed by atoms with Gasteiger partial charge in [0.05, 0.1) is 18.8 Å². The Morgan fingerprint density at radius 1 is 0.889 bits per heavy atom. The van der Waals surface area contributed by atoms with Crippen molar-refractivity contribution in [1.82, 2.24) is 16.0 Å². The number of hydrogen-bond acceptors (Lipinski definition) is 5. The quantitative estimate of drug-likeness (QED) is 0.352. The fraction of sp³-hybridized carbons (Fsp3) is 0.900. The molecule has 27 heavy (non-hydrogen) atoms. The van der Waals surface area contributed by atoms with Crippen LogP contribution in [-0.2, 0) is 19.1 Å². The summed E-state index contributed by atoms with van der Waals surface area (Å²) in [5, 5.41) is 8.83. The first-order chi connectivity index (χ1) is 12.6. The summed E-state index contributed by atoms with van der Waals surface area (Å²) in [5.74, 6) is 0.0917. The Kier molecular flexibility index (Phi) is 13.3. The van der Waals surface area contributed by atoms with Gasteiger partial charge < -0.3 is 25.4 Å². The summed E-state index contributed by atoms with van der Waals surface area (Å²) in [4.78, 5) is 23.8. The zero-order chi connectivity index (χ0) is 20.8. The largest absolute Gasteiger partial charge is 0.378 e. The van der Waals surface area contributed by atoms with Gasteiger partial charge in [-0.1, -0.05) is 20.8 Å².